The van der Waals surface area contributed by atoms with Gasteiger partial charge in [0.1, 0.15) is 29.6 Å². The molecule has 152 valence electrons. The molecular formula is C20H22FN5O3. The summed E-state index contributed by atoms with van der Waals surface area (Å²) < 4.78 is 25.8. The summed E-state index contributed by atoms with van der Waals surface area (Å²) in [5.74, 6) is 0.391. The van der Waals surface area contributed by atoms with Crippen LogP contribution in [0.2, 0.25) is 0 Å². The standard InChI is InChI=1S/C20H22FN5O3/c1-13-16(19(24-29-13)14-5-7-15(21)8-6-14)12-28-18-11-17(25(2)22-18)20(27)23-26-9-3-4-10-26/h5-8,11H,3-4,9-10,12H2,1-2H3,(H,23,27). The number of aryl methyl sites for hydroxylation is 2. The number of ether oxygens (including phenoxy) is 1. The van der Waals surface area contributed by atoms with Crippen molar-refractivity contribution in [3.63, 3.8) is 0 Å². The Morgan fingerprint density at radius 2 is 2.00 bits per heavy atom. The van der Waals surface area contributed by atoms with Gasteiger partial charge in [0.25, 0.3) is 5.91 Å². The Balaban J connectivity index is 1.46. The van der Waals surface area contributed by atoms with Crippen molar-refractivity contribution < 1.29 is 18.4 Å². The maximum absolute atomic E-state index is 13.2. The Morgan fingerprint density at radius 1 is 1.28 bits per heavy atom. The molecule has 0 atom stereocenters. The molecule has 2 aromatic heterocycles. The lowest BCUT2D eigenvalue weighted by Gasteiger charge is -2.15. The highest BCUT2D eigenvalue weighted by molar-refractivity contribution is 5.92. The number of benzene rings is 1. The number of nitrogens with zero attached hydrogens (tertiary/aromatic N) is 4. The fraction of sp³-hybridized carbons (Fsp3) is 0.350. The third-order valence-electron chi connectivity index (χ3n) is 4.92. The van der Waals surface area contributed by atoms with E-state index in [1.807, 2.05) is 5.01 Å². The summed E-state index contributed by atoms with van der Waals surface area (Å²) in [5, 5.41) is 10.2. The number of rotatable bonds is 6. The van der Waals surface area contributed by atoms with Crippen LogP contribution in [0.25, 0.3) is 11.3 Å². The monoisotopic (exact) mass is 399 g/mol. The Hall–Kier alpha value is -3.20. The van der Waals surface area contributed by atoms with E-state index < -0.39 is 0 Å². The Morgan fingerprint density at radius 3 is 2.72 bits per heavy atom. The molecule has 0 saturated carbocycles. The van der Waals surface area contributed by atoms with Gasteiger partial charge in [-0.1, -0.05) is 5.16 Å². The summed E-state index contributed by atoms with van der Waals surface area (Å²) in [6.07, 6.45) is 2.16. The second kappa shape index (κ2) is 8.04. The van der Waals surface area contributed by atoms with E-state index in [2.05, 4.69) is 15.7 Å². The van der Waals surface area contributed by atoms with Crippen LogP contribution in [0, 0.1) is 12.7 Å². The van der Waals surface area contributed by atoms with Gasteiger partial charge in [-0.25, -0.2) is 9.40 Å². The Labute approximate surface area is 167 Å². The van der Waals surface area contributed by atoms with Crippen molar-refractivity contribution in [2.45, 2.75) is 26.4 Å². The molecule has 3 heterocycles. The molecule has 0 aliphatic carbocycles. The largest absolute Gasteiger partial charge is 0.471 e. The average molecular weight is 399 g/mol. The summed E-state index contributed by atoms with van der Waals surface area (Å²) in [5.41, 5.74) is 5.36. The number of hydrazine groups is 1. The van der Waals surface area contributed by atoms with Gasteiger partial charge in [0.15, 0.2) is 0 Å². The molecule has 1 amide bonds. The molecule has 1 N–H and O–H groups in total. The zero-order valence-corrected chi connectivity index (χ0v) is 16.3. The summed E-state index contributed by atoms with van der Waals surface area (Å²) in [6, 6.07) is 7.61. The number of nitrogens with one attached hydrogen (secondary N) is 1. The summed E-state index contributed by atoms with van der Waals surface area (Å²) in [4.78, 5) is 12.5. The zero-order chi connectivity index (χ0) is 20.4. The molecule has 0 bridgehead atoms. The van der Waals surface area contributed by atoms with Crippen molar-refractivity contribution in [3.05, 3.63) is 53.2 Å². The highest BCUT2D eigenvalue weighted by Gasteiger charge is 2.20. The highest BCUT2D eigenvalue weighted by atomic mass is 19.1. The van der Waals surface area contributed by atoms with Gasteiger partial charge in [-0.3, -0.25) is 14.9 Å². The van der Waals surface area contributed by atoms with Crippen molar-refractivity contribution in [1.82, 2.24) is 25.4 Å². The molecule has 0 spiro atoms. The van der Waals surface area contributed by atoms with E-state index in [0.717, 1.165) is 37.1 Å². The van der Waals surface area contributed by atoms with E-state index in [-0.39, 0.29) is 18.3 Å². The van der Waals surface area contributed by atoms with Gasteiger partial charge >= 0.3 is 0 Å². The van der Waals surface area contributed by atoms with Crippen molar-refractivity contribution in [1.29, 1.82) is 0 Å². The van der Waals surface area contributed by atoms with E-state index in [1.54, 1.807) is 32.2 Å². The number of hydrogen-bond acceptors (Lipinski definition) is 6. The molecule has 1 aromatic carbocycles. The molecule has 1 saturated heterocycles. The van der Waals surface area contributed by atoms with Crippen molar-refractivity contribution in [2.75, 3.05) is 13.1 Å². The quantitative estimate of drug-likeness (QED) is 0.686. The van der Waals surface area contributed by atoms with Crippen LogP contribution in [-0.4, -0.2) is 38.9 Å². The normalized spacial score (nSPS) is 14.3. The fourth-order valence-electron chi connectivity index (χ4n) is 3.30. The molecule has 0 unspecified atom stereocenters. The van der Waals surface area contributed by atoms with Crippen LogP contribution in [-0.2, 0) is 13.7 Å². The first-order valence-corrected chi connectivity index (χ1v) is 9.45. The van der Waals surface area contributed by atoms with E-state index in [9.17, 15) is 9.18 Å². The van der Waals surface area contributed by atoms with Gasteiger partial charge in [-0.05, 0) is 44.0 Å². The zero-order valence-electron chi connectivity index (χ0n) is 16.3. The van der Waals surface area contributed by atoms with Gasteiger partial charge < -0.3 is 9.26 Å². The van der Waals surface area contributed by atoms with E-state index >= 15 is 0 Å². The van der Waals surface area contributed by atoms with Gasteiger partial charge in [0.05, 0.1) is 5.56 Å². The minimum Gasteiger partial charge on any atom is -0.471 e. The van der Waals surface area contributed by atoms with Crippen LogP contribution >= 0.6 is 0 Å². The predicted octanol–water partition coefficient (Wildman–Crippen LogP) is 2.84. The van der Waals surface area contributed by atoms with Crippen LogP contribution in [0.3, 0.4) is 0 Å². The van der Waals surface area contributed by atoms with Crippen LogP contribution in [0.1, 0.15) is 34.7 Å². The first-order chi connectivity index (χ1) is 14.0. The second-order valence-electron chi connectivity index (χ2n) is 6.99. The second-order valence-corrected chi connectivity index (χ2v) is 6.99. The molecule has 8 nitrogen and oxygen atoms in total. The van der Waals surface area contributed by atoms with Gasteiger partial charge in [-0.2, -0.15) is 0 Å². The Kier molecular flexibility index (Phi) is 5.30. The van der Waals surface area contributed by atoms with Crippen molar-refractivity contribution >= 4 is 5.91 Å². The van der Waals surface area contributed by atoms with Crippen molar-refractivity contribution in [3.8, 4) is 17.1 Å². The molecule has 0 radical (unpaired) electrons. The molecule has 1 aliphatic heterocycles. The highest BCUT2D eigenvalue weighted by Crippen LogP contribution is 2.26. The maximum Gasteiger partial charge on any atom is 0.283 e. The fourth-order valence-corrected chi connectivity index (χ4v) is 3.30. The molecule has 3 aromatic rings. The van der Waals surface area contributed by atoms with Gasteiger partial charge in [-0.15, -0.1) is 5.10 Å². The third kappa shape index (κ3) is 4.14. The van der Waals surface area contributed by atoms with E-state index in [0.29, 0.717) is 23.0 Å². The average Bonchev–Trinajstić information content (AvgIpc) is 3.42. The van der Waals surface area contributed by atoms with Crippen LogP contribution < -0.4 is 10.2 Å². The number of hydrogen-bond donors (Lipinski definition) is 1. The summed E-state index contributed by atoms with van der Waals surface area (Å²) >= 11 is 0. The molecular weight excluding hydrogens is 377 g/mol. The third-order valence-corrected chi connectivity index (χ3v) is 4.92. The first kappa shape index (κ1) is 19.1. The topological polar surface area (TPSA) is 85.4 Å². The predicted molar refractivity (Wildman–Crippen MR) is 102 cm³/mol. The summed E-state index contributed by atoms with van der Waals surface area (Å²) in [7, 11) is 1.69. The number of aromatic nitrogens is 3. The lowest BCUT2D eigenvalue weighted by molar-refractivity contribution is 0.0815. The number of halogens is 1. The number of carbonyl (C=O) groups is 1. The van der Waals surface area contributed by atoms with Crippen LogP contribution in [0.4, 0.5) is 4.39 Å². The SMILES string of the molecule is Cc1onc(-c2ccc(F)cc2)c1COc1cc(C(=O)NN2CCCC2)n(C)n1. The number of carbonyl (C=O) groups excluding carboxylic acids is 1. The lowest BCUT2D eigenvalue weighted by atomic mass is 10.1. The molecule has 1 fully saturated rings. The van der Waals surface area contributed by atoms with E-state index in [1.165, 1.54) is 16.8 Å². The van der Waals surface area contributed by atoms with Crippen molar-refractivity contribution in [2.24, 2.45) is 7.05 Å². The Bertz CT molecular complexity index is 1010. The minimum atomic E-state index is -0.319. The van der Waals surface area contributed by atoms with Crippen LogP contribution in [0.5, 0.6) is 5.88 Å². The molecule has 4 rings (SSSR count). The maximum atomic E-state index is 13.2. The van der Waals surface area contributed by atoms with Crippen LogP contribution in [0.15, 0.2) is 34.9 Å². The molecule has 9 heteroatoms. The van der Waals surface area contributed by atoms with Gasteiger partial charge in [0, 0.05) is 31.8 Å². The lowest BCUT2D eigenvalue weighted by Crippen LogP contribution is -2.40. The minimum absolute atomic E-state index is 0.159. The number of amides is 1. The smallest absolute Gasteiger partial charge is 0.283 e. The van der Waals surface area contributed by atoms with E-state index in [4.69, 9.17) is 9.26 Å². The molecule has 29 heavy (non-hydrogen) atoms. The summed E-state index contributed by atoms with van der Waals surface area (Å²) in [6.45, 7) is 3.65. The first-order valence-electron chi connectivity index (χ1n) is 9.45. The van der Waals surface area contributed by atoms with Gasteiger partial charge in [0.2, 0.25) is 5.88 Å². The molecule has 1 aliphatic rings.